The van der Waals surface area contributed by atoms with Gasteiger partial charge in [0.1, 0.15) is 5.75 Å². The molecule has 0 unspecified atom stereocenters. The van der Waals surface area contributed by atoms with Gasteiger partial charge in [-0.15, -0.1) is 12.4 Å². The van der Waals surface area contributed by atoms with Crippen molar-refractivity contribution in [3.63, 3.8) is 0 Å². The number of carbonyl (C=O) groups excluding carboxylic acids is 1. The smallest absolute Gasteiger partial charge is 0.167 e. The molecule has 0 saturated heterocycles. The van der Waals surface area contributed by atoms with Crippen LogP contribution in [-0.4, -0.2) is 36.4 Å². The normalized spacial score (nSPS) is 10.0. The van der Waals surface area contributed by atoms with Gasteiger partial charge >= 0.3 is 0 Å². The Balaban J connectivity index is 0.00000225. The van der Waals surface area contributed by atoms with Gasteiger partial charge in [0.2, 0.25) is 0 Å². The van der Waals surface area contributed by atoms with Crippen LogP contribution in [0.1, 0.15) is 22.3 Å². The lowest BCUT2D eigenvalue weighted by Gasteiger charge is -2.09. The minimum atomic E-state index is -0.0128. The highest BCUT2D eigenvalue weighted by Crippen LogP contribution is 2.19. The zero-order chi connectivity index (χ0) is 11.4. The molecule has 0 heterocycles. The molecule has 0 aliphatic rings. The summed E-state index contributed by atoms with van der Waals surface area (Å²) < 4.78 is 0. The fraction of sp³-hybridized carbons (Fsp3) is 0.417. The zero-order valence-corrected chi connectivity index (χ0v) is 10.7. The first kappa shape index (κ1) is 14.9. The molecule has 1 aromatic rings. The van der Waals surface area contributed by atoms with E-state index in [1.165, 1.54) is 0 Å². The molecule has 0 saturated carbocycles. The van der Waals surface area contributed by atoms with Crippen molar-refractivity contribution in [1.82, 2.24) is 4.90 Å². The number of benzene rings is 1. The van der Waals surface area contributed by atoms with Crippen LogP contribution >= 0.6 is 12.4 Å². The van der Waals surface area contributed by atoms with Gasteiger partial charge in [0, 0.05) is 13.0 Å². The second-order valence-corrected chi connectivity index (χ2v) is 4.00. The molecule has 0 atom stereocenters. The summed E-state index contributed by atoms with van der Waals surface area (Å²) in [6.07, 6.45) is 0.434. The van der Waals surface area contributed by atoms with E-state index in [4.69, 9.17) is 0 Å². The van der Waals surface area contributed by atoms with Crippen molar-refractivity contribution in [2.45, 2.75) is 13.3 Å². The van der Waals surface area contributed by atoms with Gasteiger partial charge in [-0.2, -0.15) is 0 Å². The maximum atomic E-state index is 11.7. The maximum absolute atomic E-state index is 11.7. The summed E-state index contributed by atoms with van der Waals surface area (Å²) in [4.78, 5) is 13.6. The lowest BCUT2D eigenvalue weighted by Crippen LogP contribution is -2.16. The zero-order valence-electron chi connectivity index (χ0n) is 9.86. The summed E-state index contributed by atoms with van der Waals surface area (Å²) in [6.45, 7) is 2.58. The number of aryl methyl sites for hydroxylation is 1. The Morgan fingerprint density at radius 3 is 2.50 bits per heavy atom. The third kappa shape index (κ3) is 4.21. The molecule has 0 amide bonds. The topological polar surface area (TPSA) is 40.5 Å². The van der Waals surface area contributed by atoms with E-state index >= 15 is 0 Å². The van der Waals surface area contributed by atoms with E-state index in [-0.39, 0.29) is 23.9 Å². The van der Waals surface area contributed by atoms with Crippen LogP contribution in [0, 0.1) is 6.92 Å². The molecule has 4 heteroatoms. The second-order valence-electron chi connectivity index (χ2n) is 4.00. The summed E-state index contributed by atoms with van der Waals surface area (Å²) in [5.74, 6) is 0.0694. The van der Waals surface area contributed by atoms with Gasteiger partial charge in [-0.05, 0) is 38.7 Å². The quantitative estimate of drug-likeness (QED) is 0.825. The number of phenolic OH excluding ortho intramolecular Hbond substituents is 1. The van der Waals surface area contributed by atoms with Crippen LogP contribution < -0.4 is 0 Å². The Hall–Kier alpha value is -1.06. The molecule has 0 spiro atoms. The lowest BCUT2D eigenvalue weighted by molar-refractivity contribution is 0.0970. The second kappa shape index (κ2) is 6.51. The molecule has 1 rings (SSSR count). The monoisotopic (exact) mass is 243 g/mol. The highest BCUT2D eigenvalue weighted by atomic mass is 35.5. The summed E-state index contributed by atoms with van der Waals surface area (Å²) >= 11 is 0. The molecule has 0 aromatic heterocycles. The molecule has 0 fully saturated rings. The van der Waals surface area contributed by atoms with Crippen molar-refractivity contribution in [1.29, 1.82) is 0 Å². The number of rotatable bonds is 4. The first-order chi connectivity index (χ1) is 7.00. The first-order valence-corrected chi connectivity index (χ1v) is 4.98. The molecule has 0 radical (unpaired) electrons. The van der Waals surface area contributed by atoms with Crippen molar-refractivity contribution < 1.29 is 9.90 Å². The number of ketones is 1. The van der Waals surface area contributed by atoms with Crippen LogP contribution in [0.5, 0.6) is 5.75 Å². The number of carbonyl (C=O) groups is 1. The predicted octanol–water partition coefficient (Wildman–Crippen LogP) is 2.26. The van der Waals surface area contributed by atoms with Gasteiger partial charge in [0.05, 0.1) is 5.56 Å². The van der Waals surface area contributed by atoms with Crippen molar-refractivity contribution in [3.05, 3.63) is 29.3 Å². The van der Waals surface area contributed by atoms with Crippen molar-refractivity contribution >= 4 is 18.2 Å². The summed E-state index contributed by atoms with van der Waals surface area (Å²) in [7, 11) is 3.84. The molecule has 1 N–H and O–H groups in total. The van der Waals surface area contributed by atoms with Crippen LogP contribution in [-0.2, 0) is 0 Å². The Bertz CT molecular complexity index is 364. The number of phenols is 1. The minimum Gasteiger partial charge on any atom is -0.507 e. The number of hydrogen-bond donors (Lipinski definition) is 1. The average molecular weight is 244 g/mol. The fourth-order valence-electron chi connectivity index (χ4n) is 1.34. The van der Waals surface area contributed by atoms with Crippen LogP contribution in [0.15, 0.2) is 18.2 Å². The van der Waals surface area contributed by atoms with Crippen LogP contribution in [0.25, 0.3) is 0 Å². The van der Waals surface area contributed by atoms with E-state index in [1.807, 2.05) is 32.0 Å². The lowest BCUT2D eigenvalue weighted by atomic mass is 10.1. The average Bonchev–Trinajstić information content (AvgIpc) is 2.14. The van der Waals surface area contributed by atoms with Crippen LogP contribution in [0.2, 0.25) is 0 Å². The van der Waals surface area contributed by atoms with E-state index in [1.54, 1.807) is 12.1 Å². The number of halogens is 1. The van der Waals surface area contributed by atoms with Gasteiger partial charge < -0.3 is 10.0 Å². The summed E-state index contributed by atoms with van der Waals surface area (Å²) in [6, 6.07) is 5.13. The fourth-order valence-corrected chi connectivity index (χ4v) is 1.34. The largest absolute Gasteiger partial charge is 0.507 e. The van der Waals surface area contributed by atoms with Gasteiger partial charge in [0.25, 0.3) is 0 Å². The summed E-state index contributed by atoms with van der Waals surface area (Å²) in [5, 5.41) is 9.59. The third-order valence-corrected chi connectivity index (χ3v) is 2.24. The Morgan fingerprint density at radius 1 is 1.38 bits per heavy atom. The number of hydrogen-bond acceptors (Lipinski definition) is 3. The van der Waals surface area contributed by atoms with E-state index in [9.17, 15) is 9.90 Å². The standard InChI is InChI=1S/C12H17NO2.ClH/c1-9-4-5-10(12(15)8-9)11(14)6-7-13(2)3;/h4-5,8,15H,6-7H2,1-3H3;1H. The highest BCUT2D eigenvalue weighted by molar-refractivity contribution is 5.98. The van der Waals surface area contributed by atoms with Crippen molar-refractivity contribution in [2.24, 2.45) is 0 Å². The van der Waals surface area contributed by atoms with E-state index < -0.39 is 0 Å². The third-order valence-electron chi connectivity index (χ3n) is 2.24. The van der Waals surface area contributed by atoms with Gasteiger partial charge in [0.15, 0.2) is 5.78 Å². The molecular weight excluding hydrogens is 226 g/mol. The number of nitrogens with zero attached hydrogens (tertiary/aromatic N) is 1. The van der Waals surface area contributed by atoms with E-state index in [0.29, 0.717) is 18.5 Å². The van der Waals surface area contributed by atoms with E-state index in [2.05, 4.69) is 0 Å². The van der Waals surface area contributed by atoms with Gasteiger partial charge in [-0.1, -0.05) is 6.07 Å². The van der Waals surface area contributed by atoms with Crippen molar-refractivity contribution in [2.75, 3.05) is 20.6 Å². The summed E-state index contributed by atoms with van der Waals surface area (Å²) in [5.41, 5.74) is 1.37. The Morgan fingerprint density at radius 2 is 2.00 bits per heavy atom. The van der Waals surface area contributed by atoms with Gasteiger partial charge in [-0.3, -0.25) is 4.79 Å². The minimum absolute atomic E-state index is 0. The Labute approximate surface area is 102 Å². The molecule has 16 heavy (non-hydrogen) atoms. The molecule has 3 nitrogen and oxygen atoms in total. The molecule has 0 aliphatic carbocycles. The number of aromatic hydroxyl groups is 1. The van der Waals surface area contributed by atoms with Crippen LogP contribution in [0.4, 0.5) is 0 Å². The van der Waals surface area contributed by atoms with Crippen LogP contribution in [0.3, 0.4) is 0 Å². The molecule has 0 bridgehead atoms. The van der Waals surface area contributed by atoms with E-state index in [0.717, 1.165) is 5.56 Å². The highest BCUT2D eigenvalue weighted by Gasteiger charge is 2.10. The molecule has 0 aliphatic heterocycles. The predicted molar refractivity (Wildman–Crippen MR) is 67.6 cm³/mol. The molecule has 90 valence electrons. The molecule has 1 aromatic carbocycles. The first-order valence-electron chi connectivity index (χ1n) is 4.98. The molecular formula is C12H18ClNO2. The van der Waals surface area contributed by atoms with Crippen molar-refractivity contribution in [3.8, 4) is 5.75 Å². The SMILES string of the molecule is Cc1ccc(C(=O)CCN(C)C)c(O)c1.Cl. The maximum Gasteiger partial charge on any atom is 0.167 e. The Kier molecular flexibility index (Phi) is 6.08. The van der Waals surface area contributed by atoms with Gasteiger partial charge in [-0.25, -0.2) is 0 Å². The number of Topliss-reactive ketones (excluding diaryl/α,β-unsaturated/α-hetero) is 1.